The third kappa shape index (κ3) is 2.67. The topological polar surface area (TPSA) is 47.1 Å². The molecule has 4 nitrogen and oxygen atoms in total. The van der Waals surface area contributed by atoms with Crippen molar-refractivity contribution >= 4 is 11.6 Å². The average Bonchev–Trinajstić information content (AvgIpc) is 2.58. The second kappa shape index (κ2) is 5.81. The summed E-state index contributed by atoms with van der Waals surface area (Å²) in [6.45, 7) is 0. The Hall–Kier alpha value is -0.580. The highest BCUT2D eigenvalue weighted by molar-refractivity contribution is 6.31. The second-order valence-corrected chi connectivity index (χ2v) is 6.30. The van der Waals surface area contributed by atoms with E-state index in [1.807, 2.05) is 11.7 Å². The third-order valence-corrected chi connectivity index (χ3v) is 4.96. The molecule has 1 aliphatic rings. The summed E-state index contributed by atoms with van der Waals surface area (Å²) in [5.74, 6) is 0. The molecule has 0 saturated heterocycles. The van der Waals surface area contributed by atoms with Crippen LogP contribution in [0.25, 0.3) is 0 Å². The highest BCUT2D eigenvalue weighted by atomic mass is 35.5. The minimum absolute atomic E-state index is 0.00602. The maximum absolute atomic E-state index is 6.63. The summed E-state index contributed by atoms with van der Waals surface area (Å²) in [5.41, 5.74) is 7.58. The zero-order valence-electron chi connectivity index (χ0n) is 12.2. The van der Waals surface area contributed by atoms with Crippen LogP contribution < -0.4 is 5.73 Å². The number of aromatic nitrogens is 2. The number of rotatable bonds is 3. The summed E-state index contributed by atoms with van der Waals surface area (Å²) in [6.07, 6.45) is 9.04. The predicted molar refractivity (Wildman–Crippen MR) is 79.3 cm³/mol. The van der Waals surface area contributed by atoms with Gasteiger partial charge in [-0.3, -0.25) is 4.68 Å². The van der Waals surface area contributed by atoms with Gasteiger partial charge in [0.25, 0.3) is 0 Å². The fourth-order valence-electron chi connectivity index (χ4n) is 3.40. The highest BCUT2D eigenvalue weighted by Crippen LogP contribution is 2.41. The molecule has 19 heavy (non-hydrogen) atoms. The van der Waals surface area contributed by atoms with Crippen LogP contribution in [0.2, 0.25) is 5.02 Å². The van der Waals surface area contributed by atoms with Crippen LogP contribution in [-0.2, 0) is 7.05 Å². The SMILES string of the molecule is CN(C)C1(C(N)c2c(Cl)cnn2C)CCCCCC1. The van der Waals surface area contributed by atoms with Crippen molar-refractivity contribution in [2.75, 3.05) is 14.1 Å². The highest BCUT2D eigenvalue weighted by Gasteiger charge is 2.41. The van der Waals surface area contributed by atoms with E-state index >= 15 is 0 Å². The van der Waals surface area contributed by atoms with Gasteiger partial charge in [0, 0.05) is 12.6 Å². The Kier molecular flexibility index (Phi) is 4.54. The molecular formula is C14H25ClN4. The molecule has 5 heteroatoms. The van der Waals surface area contributed by atoms with Crippen LogP contribution in [0.15, 0.2) is 6.20 Å². The van der Waals surface area contributed by atoms with E-state index in [1.54, 1.807) is 6.20 Å². The summed E-state index contributed by atoms with van der Waals surface area (Å²) in [5, 5.41) is 4.91. The Morgan fingerprint density at radius 3 is 2.32 bits per heavy atom. The molecule has 1 fully saturated rings. The Morgan fingerprint density at radius 2 is 1.89 bits per heavy atom. The van der Waals surface area contributed by atoms with Crippen LogP contribution in [0, 0.1) is 0 Å². The largest absolute Gasteiger partial charge is 0.321 e. The molecule has 1 unspecified atom stereocenters. The normalized spacial score (nSPS) is 21.4. The quantitative estimate of drug-likeness (QED) is 0.868. The van der Waals surface area contributed by atoms with Crippen molar-refractivity contribution in [3.63, 3.8) is 0 Å². The molecular weight excluding hydrogens is 260 g/mol. The molecule has 1 aliphatic carbocycles. The molecule has 1 saturated carbocycles. The standard InChI is InChI=1S/C14H25ClN4/c1-18(2)14(8-6-4-5-7-9-14)13(16)12-11(15)10-17-19(12)3/h10,13H,4-9,16H2,1-3H3. The lowest BCUT2D eigenvalue weighted by molar-refractivity contribution is 0.0937. The van der Waals surface area contributed by atoms with Gasteiger partial charge in [0.2, 0.25) is 0 Å². The zero-order chi connectivity index (χ0) is 14.0. The molecule has 1 aromatic rings. The van der Waals surface area contributed by atoms with Crippen molar-refractivity contribution in [1.29, 1.82) is 0 Å². The molecule has 0 aliphatic heterocycles. The number of hydrogen-bond donors (Lipinski definition) is 1. The molecule has 1 atom stereocenters. The summed E-state index contributed by atoms with van der Waals surface area (Å²) in [4.78, 5) is 2.30. The van der Waals surface area contributed by atoms with Gasteiger partial charge in [-0.05, 0) is 26.9 Å². The second-order valence-electron chi connectivity index (χ2n) is 5.89. The zero-order valence-corrected chi connectivity index (χ0v) is 13.0. The van der Waals surface area contributed by atoms with Gasteiger partial charge in [-0.25, -0.2) is 0 Å². The molecule has 2 N–H and O–H groups in total. The van der Waals surface area contributed by atoms with Crippen molar-refractivity contribution < 1.29 is 0 Å². The van der Waals surface area contributed by atoms with Gasteiger partial charge >= 0.3 is 0 Å². The first kappa shape index (κ1) is 14.8. The number of nitrogens with two attached hydrogens (primary N) is 1. The van der Waals surface area contributed by atoms with Crippen LogP contribution in [0.4, 0.5) is 0 Å². The minimum Gasteiger partial charge on any atom is -0.321 e. The monoisotopic (exact) mass is 284 g/mol. The Labute approximate surface area is 120 Å². The van der Waals surface area contributed by atoms with Gasteiger partial charge in [-0.1, -0.05) is 37.3 Å². The maximum Gasteiger partial charge on any atom is 0.0834 e. The van der Waals surface area contributed by atoms with Crippen molar-refractivity contribution in [3.8, 4) is 0 Å². The van der Waals surface area contributed by atoms with Crippen LogP contribution >= 0.6 is 11.6 Å². The van der Waals surface area contributed by atoms with E-state index in [0.717, 1.165) is 18.5 Å². The van der Waals surface area contributed by atoms with Crippen molar-refractivity contribution in [2.45, 2.75) is 50.1 Å². The van der Waals surface area contributed by atoms with Crippen LogP contribution in [0.1, 0.15) is 50.3 Å². The third-order valence-electron chi connectivity index (χ3n) is 4.67. The van der Waals surface area contributed by atoms with Crippen LogP contribution in [-0.4, -0.2) is 34.3 Å². The van der Waals surface area contributed by atoms with Crippen molar-refractivity contribution in [2.24, 2.45) is 12.8 Å². The first-order valence-electron chi connectivity index (χ1n) is 7.09. The smallest absolute Gasteiger partial charge is 0.0834 e. The number of aryl methyl sites for hydroxylation is 1. The Balaban J connectivity index is 2.38. The van der Waals surface area contributed by atoms with E-state index in [4.69, 9.17) is 17.3 Å². The summed E-state index contributed by atoms with van der Waals surface area (Å²) >= 11 is 6.28. The number of nitrogens with zero attached hydrogens (tertiary/aromatic N) is 3. The molecule has 2 rings (SSSR count). The average molecular weight is 285 g/mol. The molecule has 0 aromatic carbocycles. The molecule has 0 bridgehead atoms. The molecule has 0 radical (unpaired) electrons. The van der Waals surface area contributed by atoms with Gasteiger partial charge in [0.05, 0.1) is 23.0 Å². The first-order valence-corrected chi connectivity index (χ1v) is 7.47. The van der Waals surface area contributed by atoms with Crippen LogP contribution in [0.5, 0.6) is 0 Å². The van der Waals surface area contributed by atoms with Gasteiger partial charge < -0.3 is 10.6 Å². The van der Waals surface area contributed by atoms with Gasteiger partial charge in [-0.15, -0.1) is 0 Å². The minimum atomic E-state index is -0.0967. The lowest BCUT2D eigenvalue weighted by Crippen LogP contribution is -2.52. The van der Waals surface area contributed by atoms with Gasteiger partial charge in [-0.2, -0.15) is 5.10 Å². The summed E-state index contributed by atoms with van der Waals surface area (Å²) in [7, 11) is 6.19. The number of halogens is 1. The molecule has 1 aromatic heterocycles. The van der Waals surface area contributed by atoms with E-state index < -0.39 is 0 Å². The number of likely N-dealkylation sites (N-methyl/N-ethyl adjacent to an activating group) is 1. The maximum atomic E-state index is 6.63. The van der Waals surface area contributed by atoms with E-state index in [0.29, 0.717) is 5.02 Å². The number of hydrogen-bond acceptors (Lipinski definition) is 3. The van der Waals surface area contributed by atoms with E-state index in [1.165, 1.54) is 25.7 Å². The van der Waals surface area contributed by atoms with Gasteiger partial charge in [0.1, 0.15) is 0 Å². The van der Waals surface area contributed by atoms with E-state index in [9.17, 15) is 0 Å². The lowest BCUT2D eigenvalue weighted by atomic mass is 9.80. The van der Waals surface area contributed by atoms with Crippen molar-refractivity contribution in [1.82, 2.24) is 14.7 Å². The van der Waals surface area contributed by atoms with Gasteiger partial charge in [0.15, 0.2) is 0 Å². The van der Waals surface area contributed by atoms with Crippen LogP contribution in [0.3, 0.4) is 0 Å². The Morgan fingerprint density at radius 1 is 1.32 bits per heavy atom. The Bertz CT molecular complexity index is 400. The predicted octanol–water partition coefficient (Wildman–Crippen LogP) is 2.73. The van der Waals surface area contributed by atoms with E-state index in [-0.39, 0.29) is 11.6 Å². The molecule has 0 spiro atoms. The molecule has 108 valence electrons. The molecule has 0 amide bonds. The summed E-state index contributed by atoms with van der Waals surface area (Å²) in [6, 6.07) is -0.0967. The van der Waals surface area contributed by atoms with E-state index in [2.05, 4.69) is 24.1 Å². The molecule has 1 heterocycles. The van der Waals surface area contributed by atoms with Crippen molar-refractivity contribution in [3.05, 3.63) is 16.9 Å². The lowest BCUT2D eigenvalue weighted by Gasteiger charge is -2.44. The summed E-state index contributed by atoms with van der Waals surface area (Å²) < 4.78 is 1.82. The first-order chi connectivity index (χ1) is 8.99. The fourth-order valence-corrected chi connectivity index (χ4v) is 3.69. The fraction of sp³-hybridized carbons (Fsp3) is 0.786.